The minimum atomic E-state index is 0.648. The highest BCUT2D eigenvalue weighted by molar-refractivity contribution is 5.36. The second kappa shape index (κ2) is 4.33. The molecule has 0 atom stereocenters. The van der Waals surface area contributed by atoms with Gasteiger partial charge in [-0.1, -0.05) is 25.7 Å². The van der Waals surface area contributed by atoms with Crippen LogP contribution in [0.1, 0.15) is 44.1 Å². The molecule has 2 heterocycles. The van der Waals surface area contributed by atoms with Gasteiger partial charge in [0.2, 0.25) is 0 Å². The van der Waals surface area contributed by atoms with E-state index in [1.165, 1.54) is 51.6 Å². The first-order chi connectivity index (χ1) is 8.27. The Bertz CT molecular complexity index is 369. The van der Waals surface area contributed by atoms with E-state index in [4.69, 9.17) is 5.73 Å². The zero-order valence-corrected chi connectivity index (χ0v) is 10.4. The molecule has 3 rings (SSSR count). The monoisotopic (exact) mass is 234 g/mol. The molecule has 0 aromatic carbocycles. The summed E-state index contributed by atoms with van der Waals surface area (Å²) in [7, 11) is 0. The van der Waals surface area contributed by atoms with Gasteiger partial charge < -0.3 is 5.73 Å². The molecule has 1 saturated carbocycles. The van der Waals surface area contributed by atoms with Gasteiger partial charge in [0.25, 0.3) is 0 Å². The summed E-state index contributed by atoms with van der Waals surface area (Å²) in [6.07, 6.45) is 10.5. The van der Waals surface area contributed by atoms with Crippen LogP contribution in [0, 0.1) is 5.41 Å². The van der Waals surface area contributed by atoms with Crippen molar-refractivity contribution in [3.05, 3.63) is 11.8 Å². The van der Waals surface area contributed by atoms with E-state index in [2.05, 4.69) is 15.1 Å². The van der Waals surface area contributed by atoms with Gasteiger partial charge >= 0.3 is 0 Å². The molecule has 1 aliphatic carbocycles. The summed E-state index contributed by atoms with van der Waals surface area (Å²) in [5, 5.41) is 6.78. The Balaban J connectivity index is 1.55. The molecular weight excluding hydrogens is 212 g/mol. The molecule has 4 nitrogen and oxygen atoms in total. The van der Waals surface area contributed by atoms with E-state index < -0.39 is 0 Å². The fourth-order valence-corrected chi connectivity index (χ4v) is 3.50. The predicted octanol–water partition coefficient (Wildman–Crippen LogP) is 2.15. The number of likely N-dealkylation sites (tertiary alicyclic amines) is 1. The van der Waals surface area contributed by atoms with Crippen molar-refractivity contribution in [1.29, 1.82) is 0 Å². The van der Waals surface area contributed by atoms with Crippen molar-refractivity contribution in [1.82, 2.24) is 15.1 Å². The standard InChI is InChI=1S/C13H22N4/c14-12-11(7-15-16-12)8-17-9-13(10-17)5-3-1-2-4-6-13/h7H,1-6,8-10H2,(H3,14,15,16). The number of aromatic amines is 1. The maximum absolute atomic E-state index is 5.82. The van der Waals surface area contributed by atoms with Crippen molar-refractivity contribution in [3.8, 4) is 0 Å². The highest BCUT2D eigenvalue weighted by atomic mass is 15.2. The fraction of sp³-hybridized carbons (Fsp3) is 0.769. The van der Waals surface area contributed by atoms with Gasteiger partial charge in [0.15, 0.2) is 0 Å². The summed E-state index contributed by atoms with van der Waals surface area (Å²) in [4.78, 5) is 2.51. The Morgan fingerprint density at radius 1 is 1.24 bits per heavy atom. The number of nitrogens with one attached hydrogen (secondary N) is 1. The highest BCUT2D eigenvalue weighted by Crippen LogP contribution is 2.43. The lowest BCUT2D eigenvalue weighted by Gasteiger charge is -2.50. The van der Waals surface area contributed by atoms with E-state index >= 15 is 0 Å². The summed E-state index contributed by atoms with van der Waals surface area (Å²) in [5.74, 6) is 0.729. The van der Waals surface area contributed by atoms with Gasteiger partial charge in [0.1, 0.15) is 5.82 Å². The first kappa shape index (κ1) is 11.1. The van der Waals surface area contributed by atoms with Crippen LogP contribution in [0.15, 0.2) is 6.20 Å². The summed E-state index contributed by atoms with van der Waals surface area (Å²) in [6, 6.07) is 0. The third-order valence-corrected chi connectivity index (χ3v) is 4.43. The van der Waals surface area contributed by atoms with Crippen LogP contribution < -0.4 is 5.73 Å². The quantitative estimate of drug-likeness (QED) is 0.824. The van der Waals surface area contributed by atoms with Gasteiger partial charge in [-0.2, -0.15) is 5.10 Å². The van der Waals surface area contributed by atoms with Crippen molar-refractivity contribution >= 4 is 5.82 Å². The molecule has 0 bridgehead atoms. The fourth-order valence-electron chi connectivity index (χ4n) is 3.50. The van der Waals surface area contributed by atoms with E-state index in [0.29, 0.717) is 5.41 Å². The third-order valence-electron chi connectivity index (χ3n) is 4.43. The summed E-state index contributed by atoms with van der Waals surface area (Å²) in [6.45, 7) is 3.49. The van der Waals surface area contributed by atoms with Crippen LogP contribution in [0.4, 0.5) is 5.82 Å². The van der Waals surface area contributed by atoms with Crippen LogP contribution >= 0.6 is 0 Å². The van der Waals surface area contributed by atoms with E-state index in [1.807, 2.05) is 6.20 Å². The number of nitrogen functional groups attached to an aromatic ring is 1. The zero-order chi connectivity index (χ0) is 11.7. The smallest absolute Gasteiger partial charge is 0.123 e. The number of aromatic nitrogens is 2. The maximum atomic E-state index is 5.82. The molecule has 4 heteroatoms. The molecule has 1 spiro atoms. The zero-order valence-electron chi connectivity index (χ0n) is 10.4. The summed E-state index contributed by atoms with van der Waals surface area (Å²) < 4.78 is 0. The average Bonchev–Trinajstić information content (AvgIpc) is 2.53. The van der Waals surface area contributed by atoms with E-state index in [9.17, 15) is 0 Å². The van der Waals surface area contributed by atoms with Gasteiger partial charge in [-0.15, -0.1) is 0 Å². The topological polar surface area (TPSA) is 57.9 Å². The molecule has 3 N–H and O–H groups in total. The second-order valence-corrected chi connectivity index (χ2v) is 5.87. The summed E-state index contributed by atoms with van der Waals surface area (Å²) >= 11 is 0. The van der Waals surface area contributed by atoms with Gasteiger partial charge in [-0.05, 0) is 18.3 Å². The van der Waals surface area contributed by atoms with Gasteiger partial charge in [0.05, 0.1) is 6.20 Å². The lowest BCUT2D eigenvalue weighted by Crippen LogP contribution is -2.55. The van der Waals surface area contributed by atoms with Crippen LogP contribution in [-0.4, -0.2) is 28.2 Å². The van der Waals surface area contributed by atoms with Crippen molar-refractivity contribution < 1.29 is 0 Å². The number of hydrogen-bond donors (Lipinski definition) is 2. The maximum Gasteiger partial charge on any atom is 0.123 e. The molecule has 2 fully saturated rings. The Morgan fingerprint density at radius 2 is 1.94 bits per heavy atom. The molecule has 0 radical (unpaired) electrons. The highest BCUT2D eigenvalue weighted by Gasteiger charge is 2.42. The molecular formula is C13H22N4. The Hall–Kier alpha value is -1.03. The Labute approximate surface area is 103 Å². The van der Waals surface area contributed by atoms with Gasteiger partial charge in [-0.3, -0.25) is 10.00 Å². The van der Waals surface area contributed by atoms with Crippen molar-refractivity contribution in [2.45, 2.75) is 45.1 Å². The van der Waals surface area contributed by atoms with Crippen LogP contribution in [0.2, 0.25) is 0 Å². The van der Waals surface area contributed by atoms with Crippen molar-refractivity contribution in [2.24, 2.45) is 5.41 Å². The van der Waals surface area contributed by atoms with E-state index in [0.717, 1.165) is 17.9 Å². The van der Waals surface area contributed by atoms with Crippen LogP contribution in [-0.2, 0) is 6.54 Å². The Kier molecular flexibility index (Phi) is 2.82. The average molecular weight is 234 g/mol. The Morgan fingerprint density at radius 3 is 2.53 bits per heavy atom. The first-order valence-electron chi connectivity index (χ1n) is 6.78. The number of anilines is 1. The van der Waals surface area contributed by atoms with Gasteiger partial charge in [0, 0.05) is 25.2 Å². The molecule has 1 aliphatic heterocycles. The molecule has 1 aromatic heterocycles. The van der Waals surface area contributed by atoms with Gasteiger partial charge in [-0.25, -0.2) is 0 Å². The first-order valence-corrected chi connectivity index (χ1v) is 6.78. The third kappa shape index (κ3) is 2.18. The molecule has 1 aromatic rings. The van der Waals surface area contributed by atoms with Crippen LogP contribution in [0.3, 0.4) is 0 Å². The second-order valence-electron chi connectivity index (χ2n) is 5.87. The number of hydrogen-bond acceptors (Lipinski definition) is 3. The minimum Gasteiger partial charge on any atom is -0.384 e. The van der Waals surface area contributed by atoms with E-state index in [1.54, 1.807) is 0 Å². The molecule has 94 valence electrons. The minimum absolute atomic E-state index is 0.648. The normalized spacial score (nSPS) is 24.5. The van der Waals surface area contributed by atoms with Crippen LogP contribution in [0.5, 0.6) is 0 Å². The molecule has 0 amide bonds. The summed E-state index contributed by atoms with van der Waals surface area (Å²) in [5.41, 5.74) is 7.61. The molecule has 17 heavy (non-hydrogen) atoms. The number of rotatable bonds is 2. The number of H-pyrrole nitrogens is 1. The molecule has 0 unspecified atom stereocenters. The lowest BCUT2D eigenvalue weighted by atomic mass is 9.73. The predicted molar refractivity (Wildman–Crippen MR) is 68.4 cm³/mol. The number of nitrogens with zero attached hydrogens (tertiary/aromatic N) is 2. The van der Waals surface area contributed by atoms with E-state index in [-0.39, 0.29) is 0 Å². The lowest BCUT2D eigenvalue weighted by molar-refractivity contribution is -0.0175. The molecule has 1 saturated heterocycles. The largest absolute Gasteiger partial charge is 0.384 e. The van der Waals surface area contributed by atoms with Crippen LogP contribution in [0.25, 0.3) is 0 Å². The molecule has 2 aliphatic rings. The SMILES string of the molecule is Nc1[nH]ncc1CN1CC2(CCCCCC2)C1. The number of nitrogens with two attached hydrogens (primary N) is 1. The van der Waals surface area contributed by atoms with Crippen molar-refractivity contribution in [3.63, 3.8) is 0 Å². The van der Waals surface area contributed by atoms with Crippen molar-refractivity contribution in [2.75, 3.05) is 18.8 Å².